The van der Waals surface area contributed by atoms with Gasteiger partial charge in [-0.25, -0.2) is 8.78 Å². The fourth-order valence-electron chi connectivity index (χ4n) is 4.06. The Morgan fingerprint density at radius 3 is 2.24 bits per heavy atom. The number of hydrogen-bond donors (Lipinski definition) is 3. The second kappa shape index (κ2) is 10.7. The van der Waals surface area contributed by atoms with Gasteiger partial charge in [-0.1, -0.05) is 0 Å². The number of hydrogen-bond acceptors (Lipinski definition) is 4. The van der Waals surface area contributed by atoms with Gasteiger partial charge in [0.25, 0.3) is 12.3 Å². The Balaban J connectivity index is 1.53. The largest absolute Gasteiger partial charge is 0.417 e. The Kier molecular flexibility index (Phi) is 7.97. The fourth-order valence-corrected chi connectivity index (χ4v) is 4.06. The minimum Gasteiger partial charge on any atom is -0.382 e. The topological polar surface area (TPSA) is 76.9 Å². The lowest BCUT2D eigenvalue weighted by Gasteiger charge is -2.30. The first kappa shape index (κ1) is 25.3. The lowest BCUT2D eigenvalue weighted by atomic mass is 9.90. The number of nitrogens with zero attached hydrogens (tertiary/aromatic N) is 1. The molecule has 0 aromatic heterocycles. The van der Waals surface area contributed by atoms with Crippen LogP contribution in [0.5, 0.6) is 0 Å². The number of aryl methyl sites for hydroxylation is 1. The number of nitriles is 1. The summed E-state index contributed by atoms with van der Waals surface area (Å²) in [5.41, 5.74) is 0.162. The van der Waals surface area contributed by atoms with Crippen molar-refractivity contribution in [2.75, 3.05) is 17.2 Å². The van der Waals surface area contributed by atoms with Crippen LogP contribution in [-0.4, -0.2) is 31.0 Å². The standard InChI is InChI=1S/C24H25F5N4O/c1-14-10-19(11-21(20(14)12-30)24(27,28)29)32-17-6-8-18(9-7-17)33-23(34)15-2-4-16(5-3-15)31-13-22(25)26/h2-5,10-11,17-18,22,31-32H,6-9,13H2,1H3,(H,33,34). The average molecular weight is 480 g/mol. The van der Waals surface area contributed by atoms with Crippen molar-refractivity contribution in [3.63, 3.8) is 0 Å². The molecule has 5 nitrogen and oxygen atoms in total. The Labute approximate surface area is 194 Å². The molecule has 0 atom stereocenters. The number of amides is 1. The molecule has 1 amide bonds. The number of halogens is 5. The Hall–Kier alpha value is -3.35. The molecule has 182 valence electrons. The summed E-state index contributed by atoms with van der Waals surface area (Å²) < 4.78 is 64.5. The number of alkyl halides is 5. The van der Waals surface area contributed by atoms with Crippen molar-refractivity contribution >= 4 is 17.3 Å². The van der Waals surface area contributed by atoms with Crippen LogP contribution < -0.4 is 16.0 Å². The first-order valence-electron chi connectivity index (χ1n) is 10.9. The van der Waals surface area contributed by atoms with Crippen LogP contribution in [0.25, 0.3) is 0 Å². The van der Waals surface area contributed by atoms with Gasteiger partial charge in [-0.2, -0.15) is 18.4 Å². The third-order valence-corrected chi connectivity index (χ3v) is 5.79. The molecule has 0 aliphatic heterocycles. The molecule has 3 rings (SSSR count). The monoisotopic (exact) mass is 480 g/mol. The normalized spacial score (nSPS) is 18.3. The van der Waals surface area contributed by atoms with Crippen LogP contribution in [0.4, 0.5) is 33.3 Å². The van der Waals surface area contributed by atoms with E-state index in [4.69, 9.17) is 5.26 Å². The summed E-state index contributed by atoms with van der Waals surface area (Å²) in [6, 6.07) is 10.3. The molecule has 1 saturated carbocycles. The molecule has 1 aliphatic carbocycles. The first-order chi connectivity index (χ1) is 16.1. The van der Waals surface area contributed by atoms with Gasteiger partial charge in [0.2, 0.25) is 0 Å². The van der Waals surface area contributed by atoms with Gasteiger partial charge in [-0.05, 0) is 74.6 Å². The molecular weight excluding hydrogens is 455 g/mol. The van der Waals surface area contributed by atoms with Crippen LogP contribution >= 0.6 is 0 Å². The molecule has 0 saturated heterocycles. The number of nitrogens with one attached hydrogen (secondary N) is 3. The van der Waals surface area contributed by atoms with E-state index in [0.717, 1.165) is 6.07 Å². The highest BCUT2D eigenvalue weighted by Gasteiger charge is 2.35. The van der Waals surface area contributed by atoms with Crippen molar-refractivity contribution in [3.8, 4) is 6.07 Å². The molecule has 1 fully saturated rings. The number of rotatable bonds is 7. The molecule has 0 bridgehead atoms. The van der Waals surface area contributed by atoms with Gasteiger partial charge in [-0.3, -0.25) is 4.79 Å². The highest BCUT2D eigenvalue weighted by Crippen LogP contribution is 2.36. The summed E-state index contributed by atoms with van der Waals surface area (Å²) in [7, 11) is 0. The summed E-state index contributed by atoms with van der Waals surface area (Å²) in [5, 5.41) is 17.7. The summed E-state index contributed by atoms with van der Waals surface area (Å²) in [6.45, 7) is 1.01. The molecule has 0 unspecified atom stereocenters. The predicted octanol–water partition coefficient (Wildman–Crippen LogP) is 5.72. The molecule has 0 heterocycles. The van der Waals surface area contributed by atoms with Gasteiger partial charge in [0.1, 0.15) is 6.07 Å². The third kappa shape index (κ3) is 6.59. The van der Waals surface area contributed by atoms with Crippen molar-refractivity contribution in [1.82, 2.24) is 5.32 Å². The number of benzene rings is 2. The van der Waals surface area contributed by atoms with Crippen LogP contribution in [0.2, 0.25) is 0 Å². The third-order valence-electron chi connectivity index (χ3n) is 5.79. The quantitative estimate of drug-likeness (QED) is 0.444. The molecular formula is C24H25F5N4O. The number of carbonyl (C=O) groups excluding carboxylic acids is 1. The van der Waals surface area contributed by atoms with Gasteiger partial charge in [0, 0.05) is 29.0 Å². The minimum atomic E-state index is -4.62. The minimum absolute atomic E-state index is 0.0539. The predicted molar refractivity (Wildman–Crippen MR) is 119 cm³/mol. The molecule has 0 spiro atoms. The summed E-state index contributed by atoms with van der Waals surface area (Å²) >= 11 is 0. The second-order valence-electron chi connectivity index (χ2n) is 8.34. The zero-order chi connectivity index (χ0) is 24.9. The van der Waals surface area contributed by atoms with Crippen LogP contribution in [0.15, 0.2) is 36.4 Å². The van der Waals surface area contributed by atoms with Gasteiger partial charge >= 0.3 is 6.18 Å². The van der Waals surface area contributed by atoms with E-state index < -0.39 is 24.7 Å². The maximum Gasteiger partial charge on any atom is 0.417 e. The molecule has 2 aromatic carbocycles. The van der Waals surface area contributed by atoms with Crippen molar-refractivity contribution in [1.29, 1.82) is 5.26 Å². The summed E-state index contributed by atoms with van der Waals surface area (Å²) in [6.07, 6.45) is -4.48. The summed E-state index contributed by atoms with van der Waals surface area (Å²) in [5.74, 6) is -0.269. The van der Waals surface area contributed by atoms with Crippen molar-refractivity contribution in [2.45, 2.75) is 57.3 Å². The van der Waals surface area contributed by atoms with E-state index in [9.17, 15) is 26.7 Å². The Morgan fingerprint density at radius 2 is 1.68 bits per heavy atom. The molecule has 2 aromatic rings. The summed E-state index contributed by atoms with van der Waals surface area (Å²) in [4.78, 5) is 12.5. The van der Waals surface area contributed by atoms with Gasteiger partial charge in [0.15, 0.2) is 0 Å². The molecule has 34 heavy (non-hydrogen) atoms. The lowest BCUT2D eigenvalue weighted by Crippen LogP contribution is -2.40. The highest BCUT2D eigenvalue weighted by molar-refractivity contribution is 5.94. The van der Waals surface area contributed by atoms with E-state index in [1.807, 2.05) is 0 Å². The van der Waals surface area contributed by atoms with Crippen LogP contribution in [-0.2, 0) is 6.18 Å². The number of anilines is 2. The number of carbonyl (C=O) groups is 1. The van der Waals surface area contributed by atoms with E-state index in [1.165, 1.54) is 6.92 Å². The zero-order valence-electron chi connectivity index (χ0n) is 18.5. The molecule has 10 heteroatoms. The van der Waals surface area contributed by atoms with Crippen molar-refractivity contribution < 1.29 is 26.7 Å². The second-order valence-corrected chi connectivity index (χ2v) is 8.34. The van der Waals surface area contributed by atoms with Crippen molar-refractivity contribution in [3.05, 3.63) is 58.7 Å². The maximum absolute atomic E-state index is 13.3. The van der Waals surface area contributed by atoms with E-state index in [-0.39, 0.29) is 29.1 Å². The van der Waals surface area contributed by atoms with Crippen LogP contribution in [0.3, 0.4) is 0 Å². The SMILES string of the molecule is Cc1cc(NC2CCC(NC(=O)c3ccc(NCC(F)F)cc3)CC2)cc(C(F)(F)F)c1C#N. The van der Waals surface area contributed by atoms with E-state index in [2.05, 4.69) is 16.0 Å². The highest BCUT2D eigenvalue weighted by atomic mass is 19.4. The first-order valence-corrected chi connectivity index (χ1v) is 10.9. The van der Waals surface area contributed by atoms with Gasteiger partial charge in [0.05, 0.1) is 17.7 Å². The Morgan fingerprint density at radius 1 is 1.06 bits per heavy atom. The lowest BCUT2D eigenvalue weighted by molar-refractivity contribution is -0.137. The maximum atomic E-state index is 13.3. The zero-order valence-corrected chi connectivity index (χ0v) is 18.5. The van der Waals surface area contributed by atoms with E-state index >= 15 is 0 Å². The molecule has 1 aliphatic rings. The van der Waals surface area contributed by atoms with Crippen LogP contribution in [0.1, 0.15) is 52.7 Å². The smallest absolute Gasteiger partial charge is 0.382 e. The average Bonchev–Trinajstić information content (AvgIpc) is 2.78. The van der Waals surface area contributed by atoms with Gasteiger partial charge in [-0.15, -0.1) is 0 Å². The molecule has 3 N–H and O–H groups in total. The molecule has 0 radical (unpaired) electrons. The van der Waals surface area contributed by atoms with E-state index in [0.29, 0.717) is 42.6 Å². The van der Waals surface area contributed by atoms with E-state index in [1.54, 1.807) is 36.4 Å². The van der Waals surface area contributed by atoms with Crippen molar-refractivity contribution in [2.24, 2.45) is 0 Å². The van der Waals surface area contributed by atoms with Gasteiger partial charge < -0.3 is 16.0 Å². The Bertz CT molecular complexity index is 1040. The van der Waals surface area contributed by atoms with Crippen LogP contribution in [0, 0.1) is 18.3 Å². The fraction of sp³-hybridized carbons (Fsp3) is 0.417.